The number of benzene rings is 1. The van der Waals surface area contributed by atoms with Crippen molar-refractivity contribution in [3.8, 4) is 0 Å². The number of aryl methyl sites for hydroxylation is 1. The molecule has 1 atom stereocenters. The molecule has 1 aromatic heterocycles. The number of hydrogen-bond donors (Lipinski definition) is 2. The Kier molecular flexibility index (Phi) is 4.78. The average molecular weight is 417 g/mol. The van der Waals surface area contributed by atoms with Crippen molar-refractivity contribution < 1.29 is 14.4 Å². The maximum absolute atomic E-state index is 12.9. The highest BCUT2D eigenvalue weighted by Gasteiger charge is 2.49. The lowest BCUT2D eigenvalue weighted by molar-refractivity contribution is -0.133. The van der Waals surface area contributed by atoms with E-state index in [0.717, 1.165) is 14.9 Å². The summed E-state index contributed by atoms with van der Waals surface area (Å²) in [5.41, 5.74) is 0.392. The fourth-order valence-corrected chi connectivity index (χ4v) is 3.17. The van der Waals surface area contributed by atoms with Crippen molar-refractivity contribution in [2.24, 2.45) is 0 Å². The van der Waals surface area contributed by atoms with Crippen LogP contribution in [0.25, 0.3) is 0 Å². The van der Waals surface area contributed by atoms with E-state index >= 15 is 0 Å². The summed E-state index contributed by atoms with van der Waals surface area (Å²) in [4.78, 5) is 42.3. The molecule has 1 fully saturated rings. The largest absolute Gasteiger partial charge is 0.325 e. The van der Waals surface area contributed by atoms with Gasteiger partial charge in [0.05, 0.1) is 0 Å². The van der Waals surface area contributed by atoms with Crippen molar-refractivity contribution in [3.05, 3.63) is 58.2 Å². The van der Waals surface area contributed by atoms with Crippen LogP contribution in [0.4, 0.5) is 10.6 Å². The van der Waals surface area contributed by atoms with Crippen LogP contribution in [0.2, 0.25) is 0 Å². The van der Waals surface area contributed by atoms with Gasteiger partial charge in [-0.1, -0.05) is 24.3 Å². The molecule has 4 amide bonds. The second-order valence-electron chi connectivity index (χ2n) is 6.17. The third-order valence-corrected chi connectivity index (χ3v) is 4.72. The Bertz CT molecular complexity index is 884. The zero-order chi connectivity index (χ0) is 18.9. The van der Waals surface area contributed by atoms with E-state index in [1.807, 2.05) is 25.1 Å². The third kappa shape index (κ3) is 3.32. The van der Waals surface area contributed by atoms with Crippen LogP contribution < -0.4 is 10.6 Å². The Morgan fingerprint density at radius 1 is 1.27 bits per heavy atom. The summed E-state index contributed by atoms with van der Waals surface area (Å²) in [6.45, 7) is 3.13. The number of urea groups is 1. The maximum atomic E-state index is 12.9. The van der Waals surface area contributed by atoms with Gasteiger partial charge in [0, 0.05) is 10.7 Å². The first kappa shape index (κ1) is 18.1. The van der Waals surface area contributed by atoms with Gasteiger partial charge in [0.25, 0.3) is 5.91 Å². The minimum atomic E-state index is -1.20. The lowest BCUT2D eigenvalue weighted by Crippen LogP contribution is -2.42. The number of pyridine rings is 1. The molecule has 0 radical (unpaired) electrons. The molecule has 1 aliphatic heterocycles. The summed E-state index contributed by atoms with van der Waals surface area (Å²) < 4.78 is 0.776. The number of amides is 4. The van der Waals surface area contributed by atoms with Gasteiger partial charge >= 0.3 is 6.03 Å². The summed E-state index contributed by atoms with van der Waals surface area (Å²) >= 11 is 3.26. The van der Waals surface area contributed by atoms with Crippen LogP contribution in [0.1, 0.15) is 18.1 Å². The molecule has 3 rings (SSSR count). The summed E-state index contributed by atoms with van der Waals surface area (Å²) in [5.74, 6) is -0.625. The van der Waals surface area contributed by atoms with Crippen molar-refractivity contribution in [2.45, 2.75) is 19.4 Å². The summed E-state index contributed by atoms with van der Waals surface area (Å²) in [5, 5.41) is 5.27. The average Bonchev–Trinajstić information content (AvgIpc) is 2.81. The fraction of sp³-hybridized carbons (Fsp3) is 0.222. The van der Waals surface area contributed by atoms with E-state index in [9.17, 15) is 14.4 Å². The smallest absolute Gasteiger partial charge is 0.319 e. The number of aromatic nitrogens is 1. The Morgan fingerprint density at radius 3 is 2.65 bits per heavy atom. The molecule has 7 nitrogen and oxygen atoms in total. The van der Waals surface area contributed by atoms with Gasteiger partial charge in [0.1, 0.15) is 17.9 Å². The molecule has 134 valence electrons. The lowest BCUT2D eigenvalue weighted by atomic mass is 9.88. The number of anilines is 1. The number of nitrogens with one attached hydrogen (secondary N) is 2. The standard InChI is InChI=1S/C18H17BrN4O3/c1-11-5-3-4-6-13(11)18(2)16(25)23(17(26)22-18)10-15(24)21-14-8-7-12(19)9-20-14/h3-9H,10H2,1-2H3,(H,22,26)(H,20,21,24). The third-order valence-electron chi connectivity index (χ3n) is 4.26. The molecule has 2 heterocycles. The Hall–Kier alpha value is -2.74. The molecule has 0 spiro atoms. The number of hydrogen-bond acceptors (Lipinski definition) is 4. The van der Waals surface area contributed by atoms with Crippen molar-refractivity contribution in [2.75, 3.05) is 11.9 Å². The van der Waals surface area contributed by atoms with Crippen LogP contribution in [-0.4, -0.2) is 34.3 Å². The number of imide groups is 1. The highest BCUT2D eigenvalue weighted by Crippen LogP contribution is 2.30. The zero-order valence-corrected chi connectivity index (χ0v) is 15.8. The highest BCUT2D eigenvalue weighted by atomic mass is 79.9. The van der Waals surface area contributed by atoms with Crippen LogP contribution in [0, 0.1) is 6.92 Å². The summed E-state index contributed by atoms with van der Waals surface area (Å²) in [7, 11) is 0. The second kappa shape index (κ2) is 6.87. The van der Waals surface area contributed by atoms with E-state index in [-0.39, 0.29) is 6.54 Å². The molecular weight excluding hydrogens is 400 g/mol. The Balaban J connectivity index is 1.76. The van der Waals surface area contributed by atoms with E-state index < -0.39 is 23.4 Å². The molecule has 2 N–H and O–H groups in total. The predicted molar refractivity (Wildman–Crippen MR) is 99.3 cm³/mol. The van der Waals surface area contributed by atoms with Crippen molar-refractivity contribution >= 4 is 39.6 Å². The monoisotopic (exact) mass is 416 g/mol. The van der Waals surface area contributed by atoms with Gasteiger partial charge in [-0.05, 0) is 53.0 Å². The number of rotatable bonds is 4. The SMILES string of the molecule is Cc1ccccc1C1(C)NC(=O)N(CC(=O)Nc2ccc(Br)cn2)C1=O. The molecule has 1 saturated heterocycles. The molecule has 0 bridgehead atoms. The molecule has 1 aliphatic rings. The minimum Gasteiger partial charge on any atom is -0.319 e. The second-order valence-corrected chi connectivity index (χ2v) is 7.09. The predicted octanol–water partition coefficient (Wildman–Crippen LogP) is 2.56. The molecule has 0 saturated carbocycles. The molecule has 0 aliphatic carbocycles. The van der Waals surface area contributed by atoms with Crippen LogP contribution in [-0.2, 0) is 15.1 Å². The molecule has 1 unspecified atom stereocenters. The van der Waals surface area contributed by atoms with Gasteiger partial charge in [-0.25, -0.2) is 9.78 Å². The first-order valence-electron chi connectivity index (χ1n) is 7.93. The normalized spacial score (nSPS) is 19.4. The Morgan fingerprint density at radius 2 is 2.00 bits per heavy atom. The maximum Gasteiger partial charge on any atom is 0.325 e. The molecule has 26 heavy (non-hydrogen) atoms. The molecule has 8 heteroatoms. The molecule has 1 aromatic carbocycles. The van der Waals surface area contributed by atoms with Gasteiger partial charge in [0.2, 0.25) is 5.91 Å². The van der Waals surface area contributed by atoms with Crippen LogP contribution in [0.3, 0.4) is 0 Å². The molecule has 2 aromatic rings. The number of carbonyl (C=O) groups is 3. The number of carbonyl (C=O) groups excluding carboxylic acids is 3. The quantitative estimate of drug-likeness (QED) is 0.749. The van der Waals surface area contributed by atoms with E-state index in [1.165, 1.54) is 0 Å². The minimum absolute atomic E-state index is 0.340. The van der Waals surface area contributed by atoms with E-state index in [4.69, 9.17) is 0 Å². The van der Waals surface area contributed by atoms with E-state index in [2.05, 4.69) is 31.5 Å². The molecular formula is C18H17BrN4O3. The van der Waals surface area contributed by atoms with Crippen molar-refractivity contribution in [1.82, 2.24) is 15.2 Å². The van der Waals surface area contributed by atoms with Gasteiger partial charge in [-0.3, -0.25) is 14.5 Å². The van der Waals surface area contributed by atoms with E-state index in [0.29, 0.717) is 11.4 Å². The van der Waals surface area contributed by atoms with Crippen LogP contribution in [0.5, 0.6) is 0 Å². The fourth-order valence-electron chi connectivity index (χ4n) is 2.93. The van der Waals surface area contributed by atoms with Gasteiger partial charge in [-0.15, -0.1) is 0 Å². The Labute approximate surface area is 158 Å². The van der Waals surface area contributed by atoms with E-state index in [1.54, 1.807) is 31.3 Å². The van der Waals surface area contributed by atoms with Crippen LogP contribution >= 0.6 is 15.9 Å². The van der Waals surface area contributed by atoms with Gasteiger partial charge in [-0.2, -0.15) is 0 Å². The number of nitrogens with zero attached hydrogens (tertiary/aromatic N) is 2. The van der Waals surface area contributed by atoms with Crippen molar-refractivity contribution in [3.63, 3.8) is 0 Å². The topological polar surface area (TPSA) is 91.4 Å². The first-order chi connectivity index (χ1) is 12.3. The van der Waals surface area contributed by atoms with Gasteiger partial charge < -0.3 is 10.6 Å². The van der Waals surface area contributed by atoms with Crippen molar-refractivity contribution in [1.29, 1.82) is 0 Å². The highest BCUT2D eigenvalue weighted by molar-refractivity contribution is 9.10. The lowest BCUT2D eigenvalue weighted by Gasteiger charge is -2.24. The number of halogens is 1. The zero-order valence-electron chi connectivity index (χ0n) is 14.2. The summed E-state index contributed by atoms with van der Waals surface area (Å²) in [6.07, 6.45) is 1.54. The first-order valence-corrected chi connectivity index (χ1v) is 8.72. The summed E-state index contributed by atoms with van der Waals surface area (Å²) in [6, 6.07) is 10.1. The van der Waals surface area contributed by atoms with Gasteiger partial charge in [0.15, 0.2) is 0 Å². The van der Waals surface area contributed by atoms with Crippen LogP contribution in [0.15, 0.2) is 47.1 Å².